The quantitative estimate of drug-likeness (QED) is 0.410. The fourth-order valence-electron chi connectivity index (χ4n) is 5.02. The zero-order valence-corrected chi connectivity index (χ0v) is 24.9. The molecule has 1 aliphatic rings. The first kappa shape index (κ1) is 33.2. The Kier molecular flexibility index (Phi) is 13.7. The summed E-state index contributed by atoms with van der Waals surface area (Å²) < 4.78 is 23.6. The van der Waals surface area contributed by atoms with Crippen LogP contribution in [0.3, 0.4) is 0 Å². The van der Waals surface area contributed by atoms with Crippen molar-refractivity contribution >= 4 is 11.9 Å². The van der Waals surface area contributed by atoms with E-state index in [9.17, 15) is 19.8 Å². The molecule has 1 fully saturated rings. The second-order valence-electron chi connectivity index (χ2n) is 10.3. The summed E-state index contributed by atoms with van der Waals surface area (Å²) in [5.74, 6) is -2.01. The van der Waals surface area contributed by atoms with Gasteiger partial charge in [-0.3, -0.25) is 9.80 Å². The number of hydrogen-bond donors (Lipinski definition) is 2. The summed E-state index contributed by atoms with van der Waals surface area (Å²) in [6.07, 6.45) is 0. The van der Waals surface area contributed by atoms with Gasteiger partial charge in [-0.25, -0.2) is 14.6 Å². The van der Waals surface area contributed by atoms with Crippen LogP contribution in [0.2, 0.25) is 0 Å². The van der Waals surface area contributed by atoms with Crippen LogP contribution in [0.15, 0.2) is 72.8 Å². The molecule has 0 spiro atoms. The number of pyridine rings is 1. The van der Waals surface area contributed by atoms with Gasteiger partial charge in [-0.15, -0.1) is 0 Å². The standard InChI is InChI=1S/C33H41N3O8/c37-32(38)28-9-4-6-26(24-28)25-35-12-16-41-20-22-43-18-14-36(15-19-44-23-21-42-17-13-35)31(27-7-2-1-3-8-27)29-10-5-11-30(34-29)33(39)40/h1-11,24,31H,12-23,25H2,(H,37,38)(H,39,40). The fraction of sp³-hybridized carbons (Fsp3) is 0.424. The van der Waals surface area contributed by atoms with Crippen molar-refractivity contribution in [2.75, 3.05) is 79.0 Å². The second-order valence-corrected chi connectivity index (χ2v) is 10.3. The molecule has 0 bridgehead atoms. The zero-order chi connectivity index (χ0) is 31.0. The lowest BCUT2D eigenvalue weighted by molar-refractivity contribution is 0.00343. The minimum absolute atomic E-state index is 0.000959. The fourth-order valence-corrected chi connectivity index (χ4v) is 5.02. The predicted molar refractivity (Wildman–Crippen MR) is 163 cm³/mol. The van der Waals surface area contributed by atoms with Crippen LogP contribution in [0.25, 0.3) is 0 Å². The van der Waals surface area contributed by atoms with Crippen LogP contribution in [0.5, 0.6) is 0 Å². The Morgan fingerprint density at radius 1 is 0.682 bits per heavy atom. The number of ether oxygens (including phenoxy) is 4. The summed E-state index contributed by atoms with van der Waals surface area (Å²) >= 11 is 0. The molecule has 0 amide bonds. The van der Waals surface area contributed by atoms with Crippen molar-refractivity contribution in [3.05, 3.63) is 101 Å². The maximum Gasteiger partial charge on any atom is 0.354 e. The van der Waals surface area contributed by atoms with E-state index in [1.165, 1.54) is 6.07 Å². The molecular weight excluding hydrogens is 566 g/mol. The maximum absolute atomic E-state index is 11.7. The third-order valence-electron chi connectivity index (χ3n) is 7.22. The molecule has 4 rings (SSSR count). The minimum atomic E-state index is -1.07. The molecule has 236 valence electrons. The number of carbonyl (C=O) groups is 2. The van der Waals surface area contributed by atoms with Gasteiger partial charge in [0.2, 0.25) is 0 Å². The molecular formula is C33H41N3O8. The van der Waals surface area contributed by atoms with E-state index >= 15 is 0 Å². The molecule has 2 N–H and O–H groups in total. The normalized spacial score (nSPS) is 18.1. The molecule has 3 aromatic rings. The SMILES string of the molecule is O=C(O)c1cccc(CN2CCOCCOCCN(C(c3ccccc3)c3cccc(C(=O)O)n3)CCOCCOCC2)c1. The van der Waals surface area contributed by atoms with Crippen LogP contribution >= 0.6 is 0 Å². The Bertz CT molecular complexity index is 1290. The Morgan fingerprint density at radius 3 is 1.86 bits per heavy atom. The number of benzene rings is 2. The molecule has 11 nitrogen and oxygen atoms in total. The Labute approximate surface area is 257 Å². The first-order valence-corrected chi connectivity index (χ1v) is 14.9. The van der Waals surface area contributed by atoms with Crippen LogP contribution in [-0.2, 0) is 25.5 Å². The first-order valence-electron chi connectivity index (χ1n) is 14.9. The van der Waals surface area contributed by atoms with Gasteiger partial charge in [0.05, 0.1) is 70.2 Å². The van der Waals surface area contributed by atoms with Crippen molar-refractivity contribution in [2.24, 2.45) is 0 Å². The summed E-state index contributed by atoms with van der Waals surface area (Å²) in [5, 5.41) is 18.9. The van der Waals surface area contributed by atoms with Crippen molar-refractivity contribution in [2.45, 2.75) is 12.6 Å². The lowest BCUT2D eigenvalue weighted by atomic mass is 10.0. The van der Waals surface area contributed by atoms with Gasteiger partial charge >= 0.3 is 11.9 Å². The smallest absolute Gasteiger partial charge is 0.354 e. The Hall–Kier alpha value is -3.71. The van der Waals surface area contributed by atoms with Gasteiger partial charge in [0.25, 0.3) is 0 Å². The van der Waals surface area contributed by atoms with Crippen molar-refractivity contribution in [1.82, 2.24) is 14.8 Å². The van der Waals surface area contributed by atoms with Crippen molar-refractivity contribution in [3.63, 3.8) is 0 Å². The highest BCUT2D eigenvalue weighted by molar-refractivity contribution is 5.87. The average molecular weight is 608 g/mol. The molecule has 0 radical (unpaired) electrons. The van der Waals surface area contributed by atoms with Gasteiger partial charge in [0.1, 0.15) is 5.69 Å². The van der Waals surface area contributed by atoms with Gasteiger partial charge in [-0.2, -0.15) is 0 Å². The van der Waals surface area contributed by atoms with Gasteiger partial charge in [0.15, 0.2) is 0 Å². The molecule has 1 unspecified atom stereocenters. The van der Waals surface area contributed by atoms with Crippen LogP contribution in [0.1, 0.15) is 43.7 Å². The molecule has 11 heteroatoms. The average Bonchev–Trinajstić information content (AvgIpc) is 3.03. The van der Waals surface area contributed by atoms with Crippen LogP contribution in [0, 0.1) is 0 Å². The minimum Gasteiger partial charge on any atom is -0.478 e. The summed E-state index contributed by atoms with van der Waals surface area (Å²) in [5.41, 5.74) is 2.82. The van der Waals surface area contributed by atoms with E-state index in [0.29, 0.717) is 91.3 Å². The molecule has 1 saturated heterocycles. The predicted octanol–water partition coefficient (Wildman–Crippen LogP) is 3.45. The van der Waals surface area contributed by atoms with E-state index in [1.807, 2.05) is 42.5 Å². The Morgan fingerprint density at radius 2 is 1.27 bits per heavy atom. The van der Waals surface area contributed by atoms with Gasteiger partial charge in [-0.1, -0.05) is 48.5 Å². The van der Waals surface area contributed by atoms with E-state index in [2.05, 4.69) is 14.8 Å². The van der Waals surface area contributed by atoms with E-state index < -0.39 is 11.9 Å². The van der Waals surface area contributed by atoms with Crippen molar-refractivity contribution in [1.29, 1.82) is 0 Å². The number of aromatic carboxylic acids is 2. The summed E-state index contributed by atoms with van der Waals surface area (Å²) in [4.78, 5) is 31.9. The zero-order valence-electron chi connectivity index (χ0n) is 24.9. The largest absolute Gasteiger partial charge is 0.478 e. The Balaban J connectivity index is 1.38. The molecule has 2 heterocycles. The summed E-state index contributed by atoms with van der Waals surface area (Å²) in [6.45, 7) is 6.66. The molecule has 1 aliphatic heterocycles. The number of carboxylic acids is 2. The first-order chi connectivity index (χ1) is 21.5. The monoisotopic (exact) mass is 607 g/mol. The number of aromatic nitrogens is 1. The van der Waals surface area contributed by atoms with Gasteiger partial charge < -0.3 is 29.2 Å². The van der Waals surface area contributed by atoms with E-state index in [1.54, 1.807) is 24.3 Å². The maximum atomic E-state index is 11.7. The van der Waals surface area contributed by atoms with Gasteiger partial charge in [0, 0.05) is 32.7 Å². The highest BCUT2D eigenvalue weighted by Crippen LogP contribution is 2.27. The highest BCUT2D eigenvalue weighted by Gasteiger charge is 2.24. The second kappa shape index (κ2) is 18.2. The molecule has 1 aromatic heterocycles. The van der Waals surface area contributed by atoms with E-state index in [4.69, 9.17) is 18.9 Å². The topological polar surface area (TPSA) is 131 Å². The number of nitrogens with zero attached hydrogens (tertiary/aromatic N) is 3. The van der Waals surface area contributed by atoms with Crippen molar-refractivity contribution < 1.29 is 38.7 Å². The number of hydrogen-bond acceptors (Lipinski definition) is 9. The lowest BCUT2D eigenvalue weighted by Gasteiger charge is -2.32. The summed E-state index contributed by atoms with van der Waals surface area (Å²) in [6, 6.07) is 21.6. The summed E-state index contributed by atoms with van der Waals surface area (Å²) in [7, 11) is 0. The third kappa shape index (κ3) is 10.8. The van der Waals surface area contributed by atoms with Gasteiger partial charge in [-0.05, 0) is 35.4 Å². The number of carboxylic acid groups (broad SMARTS) is 2. The molecule has 44 heavy (non-hydrogen) atoms. The van der Waals surface area contributed by atoms with Crippen LogP contribution in [0.4, 0.5) is 0 Å². The molecule has 1 atom stereocenters. The molecule has 0 saturated carbocycles. The molecule has 0 aliphatic carbocycles. The number of rotatable bonds is 7. The van der Waals surface area contributed by atoms with Crippen molar-refractivity contribution in [3.8, 4) is 0 Å². The highest BCUT2D eigenvalue weighted by atomic mass is 16.5. The van der Waals surface area contributed by atoms with Crippen LogP contribution in [-0.4, -0.2) is 116 Å². The third-order valence-corrected chi connectivity index (χ3v) is 7.22. The van der Waals surface area contributed by atoms with Crippen LogP contribution < -0.4 is 0 Å². The van der Waals surface area contributed by atoms with E-state index in [0.717, 1.165) is 11.1 Å². The molecule has 2 aromatic carbocycles. The van der Waals surface area contributed by atoms with E-state index in [-0.39, 0.29) is 17.3 Å². The lowest BCUT2D eigenvalue weighted by Crippen LogP contribution is -2.36.